The molecule has 0 N–H and O–H groups in total. The van der Waals surface area contributed by atoms with Crippen molar-refractivity contribution < 1.29 is 17.9 Å². The normalized spacial score (nSPS) is 18.9. The van der Waals surface area contributed by atoms with Crippen molar-refractivity contribution in [3.63, 3.8) is 0 Å². The molecule has 100 valence electrons. The highest BCUT2D eigenvalue weighted by molar-refractivity contribution is 7.89. The van der Waals surface area contributed by atoms with Gasteiger partial charge in [-0.3, -0.25) is 4.79 Å². The third-order valence-corrected chi connectivity index (χ3v) is 5.20. The molecule has 0 aromatic heterocycles. The molecule has 5 nitrogen and oxygen atoms in total. The molecule has 0 amide bonds. The Morgan fingerprint density at radius 2 is 1.94 bits per heavy atom. The number of hydrogen-bond donors (Lipinski definition) is 0. The van der Waals surface area contributed by atoms with Gasteiger partial charge < -0.3 is 4.74 Å². The van der Waals surface area contributed by atoms with Crippen LogP contribution in [0.4, 0.5) is 0 Å². The largest absolute Gasteiger partial charge is 0.385 e. The van der Waals surface area contributed by atoms with E-state index < -0.39 is 10.0 Å². The number of Topliss-reactive ketones (excluding diaryl/α,β-unsaturated/α-hetero) is 1. The lowest BCUT2D eigenvalue weighted by molar-refractivity contribution is -0.120. The van der Waals surface area contributed by atoms with Crippen molar-refractivity contribution in [1.82, 2.24) is 4.31 Å². The molecule has 0 unspecified atom stereocenters. The van der Waals surface area contributed by atoms with E-state index in [0.717, 1.165) is 0 Å². The Balaban J connectivity index is 2.50. The Hall–Kier alpha value is -0.460. The number of sulfonamides is 1. The monoisotopic (exact) mass is 263 g/mol. The topological polar surface area (TPSA) is 63.7 Å². The Morgan fingerprint density at radius 1 is 1.35 bits per heavy atom. The van der Waals surface area contributed by atoms with Gasteiger partial charge in [-0.25, -0.2) is 12.7 Å². The molecular weight excluding hydrogens is 242 g/mol. The van der Waals surface area contributed by atoms with E-state index in [1.807, 2.05) is 0 Å². The minimum absolute atomic E-state index is 0.0137. The van der Waals surface area contributed by atoms with Crippen LogP contribution in [0.25, 0.3) is 0 Å². The van der Waals surface area contributed by atoms with E-state index in [1.165, 1.54) is 4.31 Å². The summed E-state index contributed by atoms with van der Waals surface area (Å²) in [6.07, 6.45) is 2.82. The highest BCUT2D eigenvalue weighted by Crippen LogP contribution is 2.21. The van der Waals surface area contributed by atoms with Crippen LogP contribution < -0.4 is 0 Å². The van der Waals surface area contributed by atoms with Crippen LogP contribution in [-0.2, 0) is 19.6 Å². The SMILES string of the molecule is COCCCS(=O)(=O)N(C)C1CCC(=O)CC1. The molecule has 0 heterocycles. The van der Waals surface area contributed by atoms with Crippen molar-refractivity contribution in [3.8, 4) is 0 Å². The molecule has 1 aliphatic rings. The molecule has 1 rings (SSSR count). The summed E-state index contributed by atoms with van der Waals surface area (Å²) >= 11 is 0. The molecule has 1 aliphatic carbocycles. The Labute approximate surface area is 103 Å². The maximum atomic E-state index is 12.0. The molecule has 0 spiro atoms. The summed E-state index contributed by atoms with van der Waals surface area (Å²) in [7, 11) is -0.0353. The maximum absolute atomic E-state index is 12.0. The zero-order chi connectivity index (χ0) is 12.9. The molecule has 0 atom stereocenters. The van der Waals surface area contributed by atoms with Gasteiger partial charge >= 0.3 is 0 Å². The van der Waals surface area contributed by atoms with Gasteiger partial charge in [0.25, 0.3) is 0 Å². The highest BCUT2D eigenvalue weighted by atomic mass is 32.2. The lowest BCUT2D eigenvalue weighted by atomic mass is 9.95. The molecule has 0 aromatic carbocycles. The second kappa shape index (κ2) is 6.47. The van der Waals surface area contributed by atoms with E-state index in [-0.39, 0.29) is 17.6 Å². The minimum atomic E-state index is -3.21. The van der Waals surface area contributed by atoms with Crippen LogP contribution in [0.3, 0.4) is 0 Å². The van der Waals surface area contributed by atoms with Gasteiger partial charge in [0.05, 0.1) is 5.75 Å². The van der Waals surface area contributed by atoms with Crippen molar-refractivity contribution in [3.05, 3.63) is 0 Å². The summed E-state index contributed by atoms with van der Waals surface area (Å²) in [6.45, 7) is 0.455. The van der Waals surface area contributed by atoms with Crippen LogP contribution in [0.1, 0.15) is 32.1 Å². The van der Waals surface area contributed by atoms with Gasteiger partial charge in [0.1, 0.15) is 5.78 Å². The number of ether oxygens (including phenoxy) is 1. The molecule has 1 saturated carbocycles. The van der Waals surface area contributed by atoms with Crippen LogP contribution in [0.15, 0.2) is 0 Å². The van der Waals surface area contributed by atoms with Gasteiger partial charge in [-0.2, -0.15) is 0 Å². The van der Waals surface area contributed by atoms with Gasteiger partial charge in [-0.1, -0.05) is 0 Å². The highest BCUT2D eigenvalue weighted by Gasteiger charge is 2.29. The maximum Gasteiger partial charge on any atom is 0.214 e. The molecule has 0 aliphatic heterocycles. The number of nitrogens with zero attached hydrogens (tertiary/aromatic N) is 1. The predicted molar refractivity (Wildman–Crippen MR) is 65.3 cm³/mol. The first kappa shape index (κ1) is 14.6. The van der Waals surface area contributed by atoms with Crippen molar-refractivity contribution in [2.45, 2.75) is 38.1 Å². The smallest absolute Gasteiger partial charge is 0.214 e. The third kappa shape index (κ3) is 4.37. The summed E-state index contributed by atoms with van der Waals surface area (Å²) < 4.78 is 30.2. The number of rotatable bonds is 6. The molecule has 6 heteroatoms. The van der Waals surface area contributed by atoms with Gasteiger partial charge in [-0.05, 0) is 19.3 Å². The van der Waals surface area contributed by atoms with Crippen LogP contribution in [-0.4, -0.2) is 51.1 Å². The van der Waals surface area contributed by atoms with Crippen molar-refractivity contribution >= 4 is 15.8 Å². The van der Waals surface area contributed by atoms with Crippen LogP contribution >= 0.6 is 0 Å². The lowest BCUT2D eigenvalue weighted by Crippen LogP contribution is -2.40. The Kier molecular flexibility index (Phi) is 5.55. The van der Waals surface area contributed by atoms with E-state index >= 15 is 0 Å². The average Bonchev–Trinajstić information content (AvgIpc) is 2.29. The number of methoxy groups -OCH3 is 1. The fourth-order valence-corrected chi connectivity index (χ4v) is 3.48. The van der Waals surface area contributed by atoms with Gasteiger partial charge in [0.2, 0.25) is 10.0 Å². The van der Waals surface area contributed by atoms with Gasteiger partial charge in [-0.15, -0.1) is 0 Å². The quantitative estimate of drug-likeness (QED) is 0.665. The average molecular weight is 263 g/mol. The molecule has 17 heavy (non-hydrogen) atoms. The van der Waals surface area contributed by atoms with Gasteiger partial charge in [0.15, 0.2) is 0 Å². The van der Waals surface area contributed by atoms with E-state index in [0.29, 0.717) is 38.7 Å². The third-order valence-electron chi connectivity index (χ3n) is 3.22. The molecular formula is C11H21NO4S. The Bertz CT molecular complexity index is 342. The summed E-state index contributed by atoms with van der Waals surface area (Å²) in [5.74, 6) is 0.355. The first-order valence-corrected chi connectivity index (χ1v) is 7.54. The lowest BCUT2D eigenvalue weighted by Gasteiger charge is -2.29. The fourth-order valence-electron chi connectivity index (χ4n) is 2.04. The molecule has 0 bridgehead atoms. The van der Waals surface area contributed by atoms with E-state index in [9.17, 15) is 13.2 Å². The van der Waals surface area contributed by atoms with E-state index in [4.69, 9.17) is 4.74 Å². The molecule has 0 aromatic rings. The van der Waals surface area contributed by atoms with Crippen LogP contribution in [0.2, 0.25) is 0 Å². The van der Waals surface area contributed by atoms with E-state index in [1.54, 1.807) is 14.2 Å². The molecule has 0 saturated heterocycles. The van der Waals surface area contributed by atoms with Crippen LogP contribution in [0.5, 0.6) is 0 Å². The summed E-state index contributed by atoms with van der Waals surface area (Å²) in [5.41, 5.74) is 0. The fraction of sp³-hybridized carbons (Fsp3) is 0.909. The standard InChI is InChI=1S/C11H21NO4S/c1-12(10-4-6-11(13)7-5-10)17(14,15)9-3-8-16-2/h10H,3-9H2,1-2H3. The van der Waals surface area contributed by atoms with Crippen molar-refractivity contribution in [2.24, 2.45) is 0 Å². The predicted octanol–water partition coefficient (Wildman–Crippen LogP) is 0.796. The van der Waals surface area contributed by atoms with Gasteiger partial charge in [0, 0.05) is 39.6 Å². The van der Waals surface area contributed by atoms with E-state index in [2.05, 4.69) is 0 Å². The second-order valence-corrected chi connectivity index (χ2v) is 6.60. The molecule has 0 radical (unpaired) electrons. The zero-order valence-corrected chi connectivity index (χ0v) is 11.3. The zero-order valence-electron chi connectivity index (χ0n) is 10.5. The number of carbonyl (C=O) groups is 1. The first-order valence-electron chi connectivity index (χ1n) is 5.93. The van der Waals surface area contributed by atoms with Crippen molar-refractivity contribution in [2.75, 3.05) is 26.5 Å². The Morgan fingerprint density at radius 3 is 2.47 bits per heavy atom. The van der Waals surface area contributed by atoms with Crippen LogP contribution in [0, 0.1) is 0 Å². The number of ketones is 1. The summed E-state index contributed by atoms with van der Waals surface area (Å²) in [4.78, 5) is 11.1. The number of carbonyl (C=O) groups excluding carboxylic acids is 1. The first-order chi connectivity index (χ1) is 7.97. The minimum Gasteiger partial charge on any atom is -0.385 e. The summed E-state index contributed by atoms with van der Waals surface area (Å²) in [6, 6.07) is -0.0137. The summed E-state index contributed by atoms with van der Waals surface area (Å²) in [5, 5.41) is 0. The second-order valence-electron chi connectivity index (χ2n) is 4.45. The number of hydrogen-bond acceptors (Lipinski definition) is 4. The molecule has 1 fully saturated rings. The van der Waals surface area contributed by atoms with Crippen molar-refractivity contribution in [1.29, 1.82) is 0 Å².